The quantitative estimate of drug-likeness (QED) is 0.627. The molecule has 5 nitrogen and oxygen atoms in total. The van der Waals surface area contributed by atoms with E-state index in [0.717, 1.165) is 19.6 Å². The highest BCUT2D eigenvalue weighted by Crippen LogP contribution is 2.03. The molecule has 1 rings (SSSR count). The van der Waals surface area contributed by atoms with Crippen LogP contribution in [0, 0.1) is 0 Å². The van der Waals surface area contributed by atoms with Crippen molar-refractivity contribution in [2.75, 3.05) is 39.5 Å². The van der Waals surface area contributed by atoms with Gasteiger partial charge >= 0.3 is 0 Å². The van der Waals surface area contributed by atoms with Crippen molar-refractivity contribution in [1.82, 2.24) is 5.32 Å². The maximum absolute atomic E-state index is 5.41. The first kappa shape index (κ1) is 13.9. The minimum atomic E-state index is -0.182. The minimum absolute atomic E-state index is 0.127. The molecule has 0 amide bonds. The van der Waals surface area contributed by atoms with E-state index in [4.69, 9.17) is 18.9 Å². The molecule has 0 aromatic heterocycles. The summed E-state index contributed by atoms with van der Waals surface area (Å²) in [7, 11) is 0. The molecule has 1 saturated heterocycles. The average molecular weight is 233 g/mol. The molecule has 0 bridgehead atoms. The van der Waals surface area contributed by atoms with E-state index in [1.807, 2.05) is 13.8 Å². The van der Waals surface area contributed by atoms with E-state index in [1.54, 1.807) is 0 Å². The molecule has 0 unspecified atom stereocenters. The highest BCUT2D eigenvalue weighted by Gasteiger charge is 2.14. The number of rotatable bonds is 8. The summed E-state index contributed by atoms with van der Waals surface area (Å²) in [5.74, 6) is 0. The van der Waals surface area contributed by atoms with Crippen molar-refractivity contribution in [3.05, 3.63) is 0 Å². The van der Waals surface area contributed by atoms with Gasteiger partial charge in [-0.2, -0.15) is 0 Å². The van der Waals surface area contributed by atoms with Crippen molar-refractivity contribution >= 4 is 0 Å². The third kappa shape index (κ3) is 5.77. The number of ether oxygens (including phenoxy) is 4. The van der Waals surface area contributed by atoms with Gasteiger partial charge in [-0.1, -0.05) is 0 Å². The van der Waals surface area contributed by atoms with Gasteiger partial charge in [-0.25, -0.2) is 0 Å². The van der Waals surface area contributed by atoms with Crippen LogP contribution in [-0.4, -0.2) is 52.1 Å². The Kier molecular flexibility index (Phi) is 7.71. The van der Waals surface area contributed by atoms with Crippen LogP contribution in [0.4, 0.5) is 0 Å². The molecule has 0 aromatic carbocycles. The number of hydrogen-bond acceptors (Lipinski definition) is 5. The fraction of sp³-hybridized carbons (Fsp3) is 1.00. The fourth-order valence-electron chi connectivity index (χ4n) is 1.51. The highest BCUT2D eigenvalue weighted by molar-refractivity contribution is 4.58. The third-order valence-corrected chi connectivity index (χ3v) is 2.22. The van der Waals surface area contributed by atoms with E-state index in [-0.39, 0.29) is 12.6 Å². The summed E-state index contributed by atoms with van der Waals surface area (Å²) in [6, 6.07) is 0. The van der Waals surface area contributed by atoms with E-state index in [0.29, 0.717) is 26.3 Å². The van der Waals surface area contributed by atoms with Crippen LogP contribution in [0.2, 0.25) is 0 Å². The molecule has 0 spiro atoms. The normalized spacial score (nSPS) is 18.2. The topological polar surface area (TPSA) is 49.0 Å². The Balaban J connectivity index is 2.06. The van der Waals surface area contributed by atoms with Gasteiger partial charge in [0.05, 0.1) is 13.2 Å². The molecule has 5 heteroatoms. The second-order valence-electron chi connectivity index (χ2n) is 3.52. The largest absolute Gasteiger partial charge is 0.352 e. The smallest absolute Gasteiger partial charge is 0.169 e. The first-order chi connectivity index (χ1) is 7.86. The van der Waals surface area contributed by atoms with Gasteiger partial charge in [0.2, 0.25) is 0 Å². The molecular weight excluding hydrogens is 210 g/mol. The van der Waals surface area contributed by atoms with Crippen molar-refractivity contribution in [3.8, 4) is 0 Å². The van der Waals surface area contributed by atoms with E-state index in [1.165, 1.54) is 0 Å². The van der Waals surface area contributed by atoms with Crippen LogP contribution in [-0.2, 0) is 18.9 Å². The summed E-state index contributed by atoms with van der Waals surface area (Å²) in [6.45, 7) is 8.13. The van der Waals surface area contributed by atoms with Crippen LogP contribution < -0.4 is 5.32 Å². The zero-order valence-electron chi connectivity index (χ0n) is 10.2. The van der Waals surface area contributed by atoms with Gasteiger partial charge in [-0.15, -0.1) is 0 Å². The predicted molar refractivity (Wildman–Crippen MR) is 60.2 cm³/mol. The molecule has 16 heavy (non-hydrogen) atoms. The van der Waals surface area contributed by atoms with Crippen molar-refractivity contribution in [1.29, 1.82) is 0 Å². The van der Waals surface area contributed by atoms with Crippen LogP contribution in [0.25, 0.3) is 0 Å². The summed E-state index contributed by atoms with van der Waals surface area (Å²) in [5, 5.41) is 3.22. The lowest BCUT2D eigenvalue weighted by Crippen LogP contribution is -2.39. The molecule has 0 aromatic rings. The molecule has 1 N–H and O–H groups in total. The first-order valence-corrected chi connectivity index (χ1v) is 6.04. The Morgan fingerprint density at radius 2 is 1.81 bits per heavy atom. The van der Waals surface area contributed by atoms with Crippen LogP contribution >= 0.6 is 0 Å². The number of hydrogen-bond donors (Lipinski definition) is 1. The Labute approximate surface area is 97.4 Å². The van der Waals surface area contributed by atoms with Crippen LogP contribution in [0.5, 0.6) is 0 Å². The summed E-state index contributed by atoms with van der Waals surface area (Å²) < 4.78 is 21.6. The maximum atomic E-state index is 5.41. The lowest BCUT2D eigenvalue weighted by atomic mass is 10.4. The zero-order valence-corrected chi connectivity index (χ0v) is 10.2. The molecule has 1 fully saturated rings. The second-order valence-corrected chi connectivity index (χ2v) is 3.52. The Morgan fingerprint density at radius 3 is 2.38 bits per heavy atom. The average Bonchev–Trinajstić information content (AvgIpc) is 2.31. The predicted octanol–water partition coefficient (Wildman–Crippen LogP) is 0.738. The van der Waals surface area contributed by atoms with E-state index < -0.39 is 0 Å². The van der Waals surface area contributed by atoms with Gasteiger partial charge in [-0.3, -0.25) is 0 Å². The van der Waals surface area contributed by atoms with Crippen molar-refractivity contribution in [2.24, 2.45) is 0 Å². The molecular formula is C11H23NO4. The van der Waals surface area contributed by atoms with E-state index in [9.17, 15) is 0 Å². The van der Waals surface area contributed by atoms with Gasteiger partial charge in [0.1, 0.15) is 0 Å². The van der Waals surface area contributed by atoms with Gasteiger partial charge in [0.25, 0.3) is 0 Å². The first-order valence-electron chi connectivity index (χ1n) is 6.04. The van der Waals surface area contributed by atoms with E-state index in [2.05, 4.69) is 5.32 Å². The molecule has 1 aliphatic rings. The van der Waals surface area contributed by atoms with E-state index >= 15 is 0 Å². The van der Waals surface area contributed by atoms with Gasteiger partial charge < -0.3 is 24.3 Å². The molecule has 0 atom stereocenters. The Bertz CT molecular complexity index is 156. The maximum Gasteiger partial charge on any atom is 0.169 e. The van der Waals surface area contributed by atoms with Crippen molar-refractivity contribution in [2.45, 2.75) is 32.8 Å². The zero-order chi connectivity index (χ0) is 11.6. The molecule has 0 radical (unpaired) electrons. The lowest BCUT2D eigenvalue weighted by Gasteiger charge is -2.24. The van der Waals surface area contributed by atoms with Gasteiger partial charge in [0.15, 0.2) is 12.6 Å². The SMILES string of the molecule is CCOC(CNCC1OCCCO1)OCC. The molecule has 96 valence electrons. The monoisotopic (exact) mass is 233 g/mol. The molecule has 0 saturated carbocycles. The summed E-state index contributed by atoms with van der Waals surface area (Å²) >= 11 is 0. The second kappa shape index (κ2) is 8.90. The molecule has 0 aliphatic carbocycles. The summed E-state index contributed by atoms with van der Waals surface area (Å²) in [6.07, 6.45) is 0.674. The van der Waals surface area contributed by atoms with Crippen molar-refractivity contribution < 1.29 is 18.9 Å². The molecule has 1 aliphatic heterocycles. The fourth-order valence-corrected chi connectivity index (χ4v) is 1.51. The number of nitrogens with one attached hydrogen (secondary N) is 1. The highest BCUT2D eigenvalue weighted by atomic mass is 16.7. The van der Waals surface area contributed by atoms with Gasteiger partial charge in [-0.05, 0) is 20.3 Å². The van der Waals surface area contributed by atoms with Crippen LogP contribution in [0.15, 0.2) is 0 Å². The summed E-state index contributed by atoms with van der Waals surface area (Å²) in [5.41, 5.74) is 0. The Morgan fingerprint density at radius 1 is 1.19 bits per heavy atom. The molecule has 1 heterocycles. The van der Waals surface area contributed by atoms with Crippen LogP contribution in [0.1, 0.15) is 20.3 Å². The third-order valence-electron chi connectivity index (χ3n) is 2.22. The van der Waals surface area contributed by atoms with Crippen molar-refractivity contribution in [3.63, 3.8) is 0 Å². The minimum Gasteiger partial charge on any atom is -0.352 e. The van der Waals surface area contributed by atoms with Gasteiger partial charge in [0, 0.05) is 26.3 Å². The van der Waals surface area contributed by atoms with Crippen LogP contribution in [0.3, 0.4) is 0 Å². The lowest BCUT2D eigenvalue weighted by molar-refractivity contribution is -0.178. The Hall–Kier alpha value is -0.200. The standard InChI is InChI=1S/C11H23NO4/c1-3-13-10(14-4-2)8-12-9-11-15-6-5-7-16-11/h10-12H,3-9H2,1-2H3. The summed E-state index contributed by atoms with van der Waals surface area (Å²) in [4.78, 5) is 0.